The van der Waals surface area contributed by atoms with E-state index in [2.05, 4.69) is 25.1 Å². The number of anilines is 1. The Hall–Kier alpha value is -2.71. The second kappa shape index (κ2) is 7.61. The third-order valence-corrected chi connectivity index (χ3v) is 5.54. The molecule has 3 unspecified atom stereocenters. The zero-order valence-corrected chi connectivity index (χ0v) is 16.7. The summed E-state index contributed by atoms with van der Waals surface area (Å²) in [5, 5.41) is 8.57. The molecule has 0 amide bonds. The molecule has 29 heavy (non-hydrogen) atoms. The van der Waals surface area contributed by atoms with Crippen molar-refractivity contribution in [2.24, 2.45) is 0 Å². The summed E-state index contributed by atoms with van der Waals surface area (Å²) in [5.41, 5.74) is 2.53. The summed E-state index contributed by atoms with van der Waals surface area (Å²) >= 11 is 0. The number of hydrogen-bond donors (Lipinski definition) is 1. The van der Waals surface area contributed by atoms with Crippen LogP contribution in [-0.4, -0.2) is 65.3 Å². The number of benzene rings is 1. The van der Waals surface area contributed by atoms with Crippen LogP contribution in [0.15, 0.2) is 30.6 Å². The van der Waals surface area contributed by atoms with Gasteiger partial charge in [-0.25, -0.2) is 9.97 Å². The van der Waals surface area contributed by atoms with Gasteiger partial charge in [0, 0.05) is 31.7 Å². The molecule has 152 valence electrons. The largest absolute Gasteiger partial charge is 0.488 e. The van der Waals surface area contributed by atoms with Crippen molar-refractivity contribution in [1.82, 2.24) is 20.2 Å². The molecule has 3 aromatic rings. The molecule has 1 aromatic carbocycles. The van der Waals surface area contributed by atoms with Crippen LogP contribution in [0.2, 0.25) is 0 Å². The molecule has 0 saturated carbocycles. The van der Waals surface area contributed by atoms with Gasteiger partial charge in [-0.05, 0) is 38.0 Å². The van der Waals surface area contributed by atoms with Gasteiger partial charge in [0.1, 0.15) is 29.7 Å². The molecule has 0 spiro atoms. The number of ether oxygens (including phenoxy) is 3. The van der Waals surface area contributed by atoms with Gasteiger partial charge in [0.05, 0.1) is 30.0 Å². The minimum Gasteiger partial charge on any atom is -0.488 e. The molecule has 1 N–H and O–H groups in total. The van der Waals surface area contributed by atoms with E-state index in [4.69, 9.17) is 14.2 Å². The Kier molecular flexibility index (Phi) is 4.81. The van der Waals surface area contributed by atoms with Gasteiger partial charge in [0.25, 0.3) is 0 Å². The van der Waals surface area contributed by atoms with Gasteiger partial charge in [0.15, 0.2) is 0 Å². The highest BCUT2D eigenvalue weighted by atomic mass is 16.5. The van der Waals surface area contributed by atoms with Crippen LogP contribution in [0.3, 0.4) is 0 Å². The summed E-state index contributed by atoms with van der Waals surface area (Å²) in [6, 6.07) is 7.92. The van der Waals surface area contributed by atoms with Crippen LogP contribution in [0.5, 0.6) is 5.75 Å². The lowest BCUT2D eigenvalue weighted by molar-refractivity contribution is 0.0302. The fourth-order valence-corrected chi connectivity index (χ4v) is 4.21. The molecule has 0 aliphatic carbocycles. The lowest BCUT2D eigenvalue weighted by Gasteiger charge is -2.32. The van der Waals surface area contributed by atoms with Crippen molar-refractivity contribution in [2.75, 3.05) is 31.7 Å². The summed E-state index contributed by atoms with van der Waals surface area (Å²) in [6.07, 6.45) is 4.47. The monoisotopic (exact) mass is 395 g/mol. The van der Waals surface area contributed by atoms with Crippen molar-refractivity contribution in [3.8, 4) is 17.1 Å². The van der Waals surface area contributed by atoms with E-state index in [-0.39, 0.29) is 6.10 Å². The summed E-state index contributed by atoms with van der Waals surface area (Å²) < 4.78 is 17.1. The van der Waals surface area contributed by atoms with Gasteiger partial charge in [0.2, 0.25) is 0 Å². The van der Waals surface area contributed by atoms with Crippen LogP contribution < -0.4 is 9.64 Å². The quantitative estimate of drug-likeness (QED) is 0.687. The average Bonchev–Trinajstić information content (AvgIpc) is 3.30. The van der Waals surface area contributed by atoms with E-state index >= 15 is 0 Å². The molecule has 0 radical (unpaired) electrons. The molecule has 5 rings (SSSR count). The van der Waals surface area contributed by atoms with E-state index in [0.717, 1.165) is 59.8 Å². The second-order valence-corrected chi connectivity index (χ2v) is 7.79. The predicted molar refractivity (Wildman–Crippen MR) is 109 cm³/mol. The molecule has 2 aliphatic rings. The third-order valence-electron chi connectivity index (χ3n) is 5.54. The number of morpholine rings is 1. The fraction of sp³-hybridized carbons (Fsp3) is 0.476. The Labute approximate surface area is 169 Å². The van der Waals surface area contributed by atoms with Crippen molar-refractivity contribution in [2.45, 2.75) is 38.1 Å². The number of H-pyrrole nitrogens is 1. The maximum atomic E-state index is 5.95. The first-order valence-electron chi connectivity index (χ1n) is 10.1. The first kappa shape index (κ1) is 18.3. The number of nitrogens with zero attached hydrogens (tertiary/aromatic N) is 4. The highest BCUT2D eigenvalue weighted by Crippen LogP contribution is 2.32. The normalized spacial score (nSPS) is 22.2. The van der Waals surface area contributed by atoms with Gasteiger partial charge < -0.3 is 19.1 Å². The average molecular weight is 395 g/mol. The van der Waals surface area contributed by atoms with Gasteiger partial charge in [-0.1, -0.05) is 0 Å². The molecule has 2 aliphatic heterocycles. The predicted octanol–water partition coefficient (Wildman–Crippen LogP) is 2.80. The van der Waals surface area contributed by atoms with Gasteiger partial charge in [-0.3, -0.25) is 5.10 Å². The molecule has 2 aromatic heterocycles. The van der Waals surface area contributed by atoms with Crippen LogP contribution >= 0.6 is 0 Å². The Morgan fingerprint density at radius 2 is 2.03 bits per heavy atom. The lowest BCUT2D eigenvalue weighted by Crippen LogP contribution is -2.43. The molecule has 8 heteroatoms. The summed E-state index contributed by atoms with van der Waals surface area (Å²) in [6.45, 7) is 4.27. The van der Waals surface area contributed by atoms with Crippen molar-refractivity contribution in [3.63, 3.8) is 0 Å². The number of aromatic nitrogens is 4. The summed E-state index contributed by atoms with van der Waals surface area (Å²) in [4.78, 5) is 11.3. The summed E-state index contributed by atoms with van der Waals surface area (Å²) in [5.74, 6) is 1.70. The molecule has 8 nitrogen and oxygen atoms in total. The van der Waals surface area contributed by atoms with E-state index in [9.17, 15) is 0 Å². The third kappa shape index (κ3) is 3.65. The van der Waals surface area contributed by atoms with E-state index in [1.807, 2.05) is 31.2 Å². The Morgan fingerprint density at radius 3 is 2.83 bits per heavy atom. The maximum Gasteiger partial charge on any atom is 0.132 e. The molecule has 3 atom stereocenters. The first-order valence-corrected chi connectivity index (χ1v) is 10.1. The number of rotatable bonds is 6. The van der Waals surface area contributed by atoms with E-state index < -0.39 is 0 Å². The van der Waals surface area contributed by atoms with Crippen molar-refractivity contribution in [1.29, 1.82) is 0 Å². The minimum absolute atomic E-state index is 0.0323. The van der Waals surface area contributed by atoms with E-state index in [1.54, 1.807) is 13.4 Å². The van der Waals surface area contributed by atoms with Crippen LogP contribution in [0, 0.1) is 0 Å². The number of hydrogen-bond acceptors (Lipinski definition) is 7. The van der Waals surface area contributed by atoms with Crippen molar-refractivity contribution < 1.29 is 14.2 Å². The van der Waals surface area contributed by atoms with Crippen LogP contribution in [0.4, 0.5) is 5.82 Å². The second-order valence-electron chi connectivity index (χ2n) is 7.79. The SMILES string of the molecule is COCC(C)Oc1ccc2[nH]nc(-c3cc(N4CC5CCC(C4)O5)ncn3)c2c1. The van der Waals surface area contributed by atoms with Crippen LogP contribution in [0.25, 0.3) is 22.3 Å². The zero-order chi connectivity index (χ0) is 19.8. The topological polar surface area (TPSA) is 85.4 Å². The number of methoxy groups -OCH3 is 1. The van der Waals surface area contributed by atoms with Crippen LogP contribution in [0.1, 0.15) is 19.8 Å². The van der Waals surface area contributed by atoms with E-state index in [1.165, 1.54) is 0 Å². The maximum absolute atomic E-state index is 5.95. The highest BCUT2D eigenvalue weighted by molar-refractivity contribution is 5.93. The van der Waals surface area contributed by atoms with Crippen LogP contribution in [-0.2, 0) is 9.47 Å². The zero-order valence-electron chi connectivity index (χ0n) is 16.7. The molecular formula is C21H25N5O3. The molecular weight excluding hydrogens is 370 g/mol. The van der Waals surface area contributed by atoms with Crippen molar-refractivity contribution in [3.05, 3.63) is 30.6 Å². The Bertz CT molecular complexity index is 995. The minimum atomic E-state index is -0.0323. The lowest BCUT2D eigenvalue weighted by atomic mass is 10.1. The molecule has 2 bridgehead atoms. The highest BCUT2D eigenvalue weighted by Gasteiger charge is 2.34. The smallest absolute Gasteiger partial charge is 0.132 e. The fourth-order valence-electron chi connectivity index (χ4n) is 4.21. The van der Waals surface area contributed by atoms with E-state index in [0.29, 0.717) is 18.8 Å². The Morgan fingerprint density at radius 1 is 1.21 bits per heavy atom. The standard InChI is InChI=1S/C21H25N5O3/c1-13(11-27-2)28-14-5-6-18-17(7-14)21(25-24-18)19-8-20(23-12-22-19)26-9-15-3-4-16(10-26)29-15/h5-8,12-13,15-16H,3-4,9-11H2,1-2H3,(H,24,25). The Balaban J connectivity index is 1.44. The van der Waals surface area contributed by atoms with Crippen molar-refractivity contribution >= 4 is 16.7 Å². The molecule has 2 fully saturated rings. The number of aromatic amines is 1. The molecule has 2 saturated heterocycles. The first-order chi connectivity index (χ1) is 14.2. The number of nitrogens with one attached hydrogen (secondary N) is 1. The summed E-state index contributed by atoms with van der Waals surface area (Å²) in [7, 11) is 1.67. The molecule has 4 heterocycles. The van der Waals surface area contributed by atoms with Gasteiger partial charge in [-0.2, -0.15) is 5.10 Å². The van der Waals surface area contributed by atoms with Gasteiger partial charge >= 0.3 is 0 Å². The van der Waals surface area contributed by atoms with Gasteiger partial charge in [-0.15, -0.1) is 0 Å². The number of fused-ring (bicyclic) bond motifs is 3.